The molecule has 0 radical (unpaired) electrons. The van der Waals surface area contributed by atoms with Gasteiger partial charge in [-0.3, -0.25) is 0 Å². The Morgan fingerprint density at radius 2 is 1.33 bits per heavy atom. The van der Waals surface area contributed by atoms with Gasteiger partial charge in [-0.05, 0) is 103 Å². The molecule has 0 spiro atoms. The SMILES string of the molecule is Cc1ccc2c(c1)c1c(n2-c2ccc(-c3ccc(-n4c5ccccc5c5cc(CC#N)ccc54)cc3)cc2)C=CCC1. The quantitative estimate of drug-likeness (QED) is 0.219. The molecule has 0 atom stereocenters. The van der Waals surface area contributed by atoms with Crippen molar-refractivity contribution in [2.45, 2.75) is 26.2 Å². The molecule has 0 saturated carbocycles. The van der Waals surface area contributed by atoms with E-state index >= 15 is 0 Å². The molecule has 3 nitrogen and oxygen atoms in total. The lowest BCUT2D eigenvalue weighted by Gasteiger charge is -2.13. The Morgan fingerprint density at radius 1 is 0.667 bits per heavy atom. The first kappa shape index (κ1) is 24.5. The number of nitriles is 1. The molecule has 5 aromatic carbocycles. The highest BCUT2D eigenvalue weighted by atomic mass is 15.0. The maximum Gasteiger partial charge on any atom is 0.0669 e. The van der Waals surface area contributed by atoms with Gasteiger partial charge in [-0.2, -0.15) is 5.26 Å². The molecule has 2 aromatic heterocycles. The van der Waals surface area contributed by atoms with Crippen LogP contribution in [0.2, 0.25) is 0 Å². The van der Waals surface area contributed by atoms with Crippen molar-refractivity contribution < 1.29 is 0 Å². The number of hydrogen-bond acceptors (Lipinski definition) is 1. The van der Waals surface area contributed by atoms with Gasteiger partial charge in [0.15, 0.2) is 0 Å². The molecule has 8 rings (SSSR count). The summed E-state index contributed by atoms with van der Waals surface area (Å²) in [7, 11) is 0. The van der Waals surface area contributed by atoms with Gasteiger partial charge in [0.05, 0.1) is 29.0 Å². The van der Waals surface area contributed by atoms with Crippen molar-refractivity contribution in [3.05, 3.63) is 138 Å². The van der Waals surface area contributed by atoms with Crippen LogP contribution in [0.3, 0.4) is 0 Å². The van der Waals surface area contributed by atoms with E-state index in [0.717, 1.165) is 29.6 Å². The van der Waals surface area contributed by atoms with Gasteiger partial charge in [0.1, 0.15) is 0 Å². The van der Waals surface area contributed by atoms with Crippen molar-refractivity contribution in [3.8, 4) is 28.6 Å². The predicted molar refractivity (Wildman–Crippen MR) is 174 cm³/mol. The molecule has 7 aromatic rings. The number of allylic oxidation sites excluding steroid dienone is 1. The van der Waals surface area contributed by atoms with Crippen LogP contribution in [0, 0.1) is 18.3 Å². The molecule has 0 N–H and O–H groups in total. The minimum Gasteiger partial charge on any atom is -0.310 e. The zero-order valence-corrected chi connectivity index (χ0v) is 23.5. The summed E-state index contributed by atoms with van der Waals surface area (Å²) >= 11 is 0. The van der Waals surface area contributed by atoms with E-state index in [1.54, 1.807) is 0 Å². The molecule has 0 unspecified atom stereocenters. The van der Waals surface area contributed by atoms with Crippen LogP contribution in [0.4, 0.5) is 0 Å². The Morgan fingerprint density at radius 3 is 2.10 bits per heavy atom. The standard InChI is InChI=1S/C39H29N3/c1-26-10-20-38-34(24-26)32-6-2-4-8-36(32)41(38)30-16-12-28(13-17-30)29-14-18-31(19-15-29)42-37-9-5-3-7-33(37)35-25-27(22-23-40)11-21-39(35)42/h3-5,7-21,24-25H,2,6,22H2,1H3. The minimum absolute atomic E-state index is 0.419. The van der Waals surface area contributed by atoms with Crippen molar-refractivity contribution in [3.63, 3.8) is 0 Å². The number of rotatable bonds is 4. The van der Waals surface area contributed by atoms with Gasteiger partial charge in [0.2, 0.25) is 0 Å². The lowest BCUT2D eigenvalue weighted by atomic mass is 10.00. The monoisotopic (exact) mass is 539 g/mol. The molecular formula is C39H29N3. The second-order valence-corrected chi connectivity index (χ2v) is 11.3. The van der Waals surface area contributed by atoms with Gasteiger partial charge in [-0.15, -0.1) is 0 Å². The second kappa shape index (κ2) is 9.65. The molecule has 0 amide bonds. The van der Waals surface area contributed by atoms with Crippen LogP contribution < -0.4 is 0 Å². The fourth-order valence-electron chi connectivity index (χ4n) is 6.73. The van der Waals surface area contributed by atoms with Gasteiger partial charge >= 0.3 is 0 Å². The molecule has 200 valence electrons. The molecule has 0 aliphatic heterocycles. The Labute approximate surface area is 245 Å². The fraction of sp³-hybridized carbons (Fsp3) is 0.103. The highest BCUT2D eigenvalue weighted by molar-refractivity contribution is 6.09. The van der Waals surface area contributed by atoms with Crippen LogP contribution in [0.1, 0.15) is 28.8 Å². The highest BCUT2D eigenvalue weighted by Crippen LogP contribution is 2.36. The Hall–Kier alpha value is -5.33. The summed E-state index contributed by atoms with van der Waals surface area (Å²) in [4.78, 5) is 0. The minimum atomic E-state index is 0.419. The fourth-order valence-corrected chi connectivity index (χ4v) is 6.73. The lowest BCUT2D eigenvalue weighted by Crippen LogP contribution is -2.00. The average molecular weight is 540 g/mol. The van der Waals surface area contributed by atoms with E-state index in [1.165, 1.54) is 60.8 Å². The van der Waals surface area contributed by atoms with E-state index in [0.29, 0.717) is 6.42 Å². The lowest BCUT2D eigenvalue weighted by molar-refractivity contribution is 0.967. The number of fused-ring (bicyclic) bond motifs is 6. The van der Waals surface area contributed by atoms with Crippen LogP contribution in [0.15, 0.2) is 115 Å². The predicted octanol–water partition coefficient (Wildman–Crippen LogP) is 9.73. The number of nitrogens with zero attached hydrogens (tertiary/aromatic N) is 3. The Kier molecular flexibility index (Phi) is 5.62. The van der Waals surface area contributed by atoms with Gasteiger partial charge in [-0.1, -0.05) is 66.2 Å². The van der Waals surface area contributed by atoms with Crippen LogP contribution in [-0.4, -0.2) is 9.13 Å². The summed E-state index contributed by atoms with van der Waals surface area (Å²) in [6, 6.07) is 41.8. The van der Waals surface area contributed by atoms with Gasteiger partial charge < -0.3 is 9.13 Å². The topological polar surface area (TPSA) is 33.6 Å². The number of para-hydroxylation sites is 1. The summed E-state index contributed by atoms with van der Waals surface area (Å²) in [6.07, 6.45) is 7.20. The van der Waals surface area contributed by atoms with Crippen LogP contribution in [0.5, 0.6) is 0 Å². The van der Waals surface area contributed by atoms with E-state index in [4.69, 9.17) is 0 Å². The summed E-state index contributed by atoms with van der Waals surface area (Å²) in [6.45, 7) is 2.18. The van der Waals surface area contributed by atoms with E-state index < -0.39 is 0 Å². The third-order valence-corrected chi connectivity index (χ3v) is 8.71. The highest BCUT2D eigenvalue weighted by Gasteiger charge is 2.18. The third-order valence-electron chi connectivity index (χ3n) is 8.71. The first-order chi connectivity index (χ1) is 20.7. The summed E-state index contributed by atoms with van der Waals surface area (Å²) < 4.78 is 4.74. The van der Waals surface area contributed by atoms with E-state index in [2.05, 4.69) is 143 Å². The molecular weight excluding hydrogens is 510 g/mol. The molecule has 1 aliphatic carbocycles. The molecule has 1 aliphatic rings. The second-order valence-electron chi connectivity index (χ2n) is 11.3. The maximum atomic E-state index is 9.21. The summed E-state index contributed by atoms with van der Waals surface area (Å²) in [5, 5.41) is 13.0. The van der Waals surface area contributed by atoms with Gasteiger partial charge in [0.25, 0.3) is 0 Å². The first-order valence-corrected chi connectivity index (χ1v) is 14.6. The summed E-state index contributed by atoms with van der Waals surface area (Å²) in [5.41, 5.74) is 13.4. The molecule has 3 heteroatoms. The smallest absolute Gasteiger partial charge is 0.0669 e. The average Bonchev–Trinajstić information content (AvgIpc) is 3.54. The zero-order chi connectivity index (χ0) is 28.2. The van der Waals surface area contributed by atoms with Gasteiger partial charge in [-0.25, -0.2) is 0 Å². The molecule has 2 heterocycles. The van der Waals surface area contributed by atoms with Crippen molar-refractivity contribution in [2.24, 2.45) is 0 Å². The van der Waals surface area contributed by atoms with Crippen LogP contribution in [0.25, 0.3) is 61.3 Å². The largest absolute Gasteiger partial charge is 0.310 e. The zero-order valence-electron chi connectivity index (χ0n) is 23.5. The van der Waals surface area contributed by atoms with Crippen molar-refractivity contribution >= 4 is 38.8 Å². The summed E-state index contributed by atoms with van der Waals surface area (Å²) in [5.74, 6) is 0. The maximum absolute atomic E-state index is 9.21. The van der Waals surface area contributed by atoms with Gasteiger partial charge in [0, 0.05) is 33.2 Å². The first-order valence-electron chi connectivity index (χ1n) is 14.6. The molecule has 42 heavy (non-hydrogen) atoms. The van der Waals surface area contributed by atoms with Crippen LogP contribution >= 0.6 is 0 Å². The van der Waals surface area contributed by atoms with Crippen molar-refractivity contribution in [1.29, 1.82) is 5.26 Å². The van der Waals surface area contributed by atoms with E-state index in [1.807, 2.05) is 0 Å². The normalized spacial score (nSPS) is 12.7. The van der Waals surface area contributed by atoms with E-state index in [9.17, 15) is 5.26 Å². The number of aryl methyl sites for hydroxylation is 2. The Bertz CT molecular complexity index is 2220. The Balaban J connectivity index is 1.17. The van der Waals surface area contributed by atoms with Crippen molar-refractivity contribution in [2.75, 3.05) is 0 Å². The van der Waals surface area contributed by atoms with Crippen LogP contribution in [-0.2, 0) is 12.8 Å². The molecule has 0 bridgehead atoms. The number of aromatic nitrogens is 2. The number of benzene rings is 5. The molecule has 0 saturated heterocycles. The van der Waals surface area contributed by atoms with Crippen molar-refractivity contribution in [1.82, 2.24) is 9.13 Å². The number of hydrogen-bond donors (Lipinski definition) is 0. The molecule has 0 fully saturated rings. The third kappa shape index (κ3) is 3.80. The van der Waals surface area contributed by atoms with E-state index in [-0.39, 0.29) is 0 Å².